The second-order valence-electron chi connectivity index (χ2n) is 7.17. The van der Waals surface area contributed by atoms with E-state index in [2.05, 4.69) is 15.2 Å². The Morgan fingerprint density at radius 1 is 1.26 bits per heavy atom. The number of nitrogens with two attached hydrogens (primary N) is 1. The van der Waals surface area contributed by atoms with Gasteiger partial charge in [-0.25, -0.2) is 9.18 Å². The zero-order valence-electron chi connectivity index (χ0n) is 16.4. The predicted octanol–water partition coefficient (Wildman–Crippen LogP) is 2.97. The number of halogens is 3. The fourth-order valence-corrected chi connectivity index (χ4v) is 3.61. The first-order valence-electron chi connectivity index (χ1n) is 9.50. The molecule has 166 valence electrons. The minimum absolute atomic E-state index is 0.0292. The molecule has 11 heteroatoms. The molecule has 1 aromatic carbocycles. The van der Waals surface area contributed by atoms with Gasteiger partial charge >= 0.3 is 5.97 Å². The Kier molecular flexibility index (Phi) is 7.53. The lowest BCUT2D eigenvalue weighted by Crippen LogP contribution is -2.45. The van der Waals surface area contributed by atoms with Crippen LogP contribution in [0, 0.1) is 5.82 Å². The highest BCUT2D eigenvalue weighted by Crippen LogP contribution is 2.24. The molecule has 0 saturated carbocycles. The first kappa shape index (κ1) is 23.1. The van der Waals surface area contributed by atoms with Crippen LogP contribution < -0.4 is 15.8 Å². The molecule has 0 bridgehead atoms. The van der Waals surface area contributed by atoms with Gasteiger partial charge in [0.1, 0.15) is 11.4 Å². The monoisotopic (exact) mass is 470 g/mol. The van der Waals surface area contributed by atoms with Crippen molar-refractivity contribution in [3.05, 3.63) is 51.3 Å². The van der Waals surface area contributed by atoms with Gasteiger partial charge in [-0.05, 0) is 36.6 Å². The number of carbonyl (C=O) groups is 2. The van der Waals surface area contributed by atoms with Gasteiger partial charge in [-0.3, -0.25) is 9.69 Å². The molecular formula is C20H21Cl2FN4O4. The molecule has 4 N–H and O–H groups in total. The fourth-order valence-electron chi connectivity index (χ4n) is 3.29. The third-order valence-electron chi connectivity index (χ3n) is 4.89. The predicted molar refractivity (Wildman–Crippen MR) is 114 cm³/mol. The van der Waals surface area contributed by atoms with Crippen molar-refractivity contribution in [2.45, 2.75) is 25.4 Å². The Balaban J connectivity index is 1.44. The highest BCUT2D eigenvalue weighted by atomic mass is 35.5. The van der Waals surface area contributed by atoms with Gasteiger partial charge in [0, 0.05) is 25.7 Å². The van der Waals surface area contributed by atoms with Crippen LogP contribution >= 0.6 is 23.2 Å². The average Bonchev–Trinajstić information content (AvgIpc) is 2.72. The van der Waals surface area contributed by atoms with Crippen LogP contribution in [0.25, 0.3) is 0 Å². The van der Waals surface area contributed by atoms with Crippen molar-refractivity contribution in [1.82, 2.24) is 15.2 Å². The van der Waals surface area contributed by atoms with Crippen molar-refractivity contribution < 1.29 is 23.8 Å². The Bertz CT molecular complexity index is 984. The third kappa shape index (κ3) is 6.19. The first-order valence-corrected chi connectivity index (χ1v) is 10.3. The van der Waals surface area contributed by atoms with Crippen LogP contribution in [0.3, 0.4) is 0 Å². The molecule has 0 radical (unpaired) electrons. The first-order chi connectivity index (χ1) is 14.7. The second kappa shape index (κ2) is 10.1. The summed E-state index contributed by atoms with van der Waals surface area (Å²) in [5, 5.41) is 12.8. The van der Waals surface area contributed by atoms with Gasteiger partial charge in [0.2, 0.25) is 0 Å². The number of pyridine rings is 1. The minimum Gasteiger partial charge on any atom is -0.478 e. The molecule has 1 amide bonds. The standard InChI is InChI=1S/C20H21Cl2FN4O4/c21-14-2-1-11(7-15(14)22)9-27-5-3-12(4-6-27)25-17(28)10-31-19-16(23)8-13(20(29)30)18(24)26-19/h1-2,7-8,12H,3-6,9-10H2,(H2,24,26)(H,25,28)(H,29,30). The van der Waals surface area contributed by atoms with Gasteiger partial charge in [-0.15, -0.1) is 0 Å². The topological polar surface area (TPSA) is 118 Å². The van der Waals surface area contributed by atoms with Gasteiger partial charge in [-0.2, -0.15) is 4.98 Å². The number of piperidine rings is 1. The number of amides is 1. The molecule has 1 aliphatic heterocycles. The molecule has 31 heavy (non-hydrogen) atoms. The number of hydrogen-bond donors (Lipinski definition) is 3. The van der Waals surface area contributed by atoms with Crippen LogP contribution in [0.4, 0.5) is 10.2 Å². The Morgan fingerprint density at radius 2 is 1.97 bits per heavy atom. The third-order valence-corrected chi connectivity index (χ3v) is 5.63. The molecule has 3 rings (SSSR count). The number of carbonyl (C=O) groups excluding carboxylic acids is 1. The Labute approximate surface area is 188 Å². The summed E-state index contributed by atoms with van der Waals surface area (Å²) in [5.41, 5.74) is 6.07. The van der Waals surface area contributed by atoms with Crippen LogP contribution in [-0.2, 0) is 11.3 Å². The summed E-state index contributed by atoms with van der Waals surface area (Å²) in [6.45, 7) is 1.85. The number of anilines is 1. The van der Waals surface area contributed by atoms with Crippen molar-refractivity contribution in [2.75, 3.05) is 25.4 Å². The van der Waals surface area contributed by atoms with Crippen LogP contribution in [0.15, 0.2) is 24.3 Å². The van der Waals surface area contributed by atoms with E-state index in [9.17, 15) is 14.0 Å². The van der Waals surface area contributed by atoms with Crippen molar-refractivity contribution in [1.29, 1.82) is 0 Å². The highest BCUT2D eigenvalue weighted by Gasteiger charge is 2.22. The summed E-state index contributed by atoms with van der Waals surface area (Å²) in [6.07, 6.45) is 1.50. The van der Waals surface area contributed by atoms with Crippen LogP contribution in [-0.4, -0.2) is 52.6 Å². The number of carboxylic acid groups (broad SMARTS) is 1. The number of nitrogens with zero attached hydrogens (tertiary/aromatic N) is 2. The summed E-state index contributed by atoms with van der Waals surface area (Å²) < 4.78 is 19.0. The number of benzene rings is 1. The summed E-state index contributed by atoms with van der Waals surface area (Å²) >= 11 is 12.0. The molecular weight excluding hydrogens is 450 g/mol. The SMILES string of the molecule is Nc1nc(OCC(=O)NC2CCN(Cc3ccc(Cl)c(Cl)c3)CC2)c(F)cc1C(=O)O. The maximum atomic E-state index is 13.9. The van der Waals surface area contributed by atoms with E-state index in [0.717, 1.165) is 38.0 Å². The number of nitrogen functional groups attached to an aromatic ring is 1. The quantitative estimate of drug-likeness (QED) is 0.568. The molecule has 0 atom stereocenters. The van der Waals surface area contributed by atoms with E-state index in [1.54, 1.807) is 6.07 Å². The van der Waals surface area contributed by atoms with Crippen LogP contribution in [0.1, 0.15) is 28.8 Å². The number of nitrogens with one attached hydrogen (secondary N) is 1. The van der Waals surface area contributed by atoms with Gasteiger partial charge in [0.25, 0.3) is 11.8 Å². The average molecular weight is 471 g/mol. The van der Waals surface area contributed by atoms with Gasteiger partial charge in [-0.1, -0.05) is 29.3 Å². The maximum Gasteiger partial charge on any atom is 0.339 e. The molecule has 1 aromatic heterocycles. The summed E-state index contributed by atoms with van der Waals surface area (Å²) in [4.78, 5) is 28.9. The number of aromatic carboxylic acids is 1. The zero-order chi connectivity index (χ0) is 22.5. The molecule has 0 unspecified atom stereocenters. The maximum absolute atomic E-state index is 13.9. The van der Waals surface area contributed by atoms with Gasteiger partial charge in [0.15, 0.2) is 12.4 Å². The van der Waals surface area contributed by atoms with Crippen molar-refractivity contribution in [2.24, 2.45) is 0 Å². The Morgan fingerprint density at radius 3 is 2.61 bits per heavy atom. The lowest BCUT2D eigenvalue weighted by molar-refractivity contribution is -0.124. The largest absolute Gasteiger partial charge is 0.478 e. The van der Waals surface area contributed by atoms with E-state index in [1.807, 2.05) is 12.1 Å². The molecule has 8 nitrogen and oxygen atoms in total. The molecule has 0 spiro atoms. The van der Waals surface area contributed by atoms with Crippen LogP contribution in [0.2, 0.25) is 10.0 Å². The summed E-state index contributed by atoms with van der Waals surface area (Å²) in [6, 6.07) is 6.23. The second-order valence-corrected chi connectivity index (χ2v) is 7.98. The van der Waals surface area contributed by atoms with Crippen molar-refractivity contribution in [3.63, 3.8) is 0 Å². The minimum atomic E-state index is -1.40. The van der Waals surface area contributed by atoms with E-state index in [-0.39, 0.29) is 6.04 Å². The summed E-state index contributed by atoms with van der Waals surface area (Å²) in [5.74, 6) is -3.74. The highest BCUT2D eigenvalue weighted by molar-refractivity contribution is 6.42. The summed E-state index contributed by atoms with van der Waals surface area (Å²) in [7, 11) is 0. The van der Waals surface area contributed by atoms with Gasteiger partial charge in [0.05, 0.1) is 10.0 Å². The molecule has 1 saturated heterocycles. The number of hydrogen-bond acceptors (Lipinski definition) is 6. The van der Waals surface area contributed by atoms with Crippen molar-refractivity contribution in [3.8, 4) is 5.88 Å². The molecule has 1 aliphatic rings. The number of likely N-dealkylation sites (tertiary alicyclic amines) is 1. The number of aromatic nitrogens is 1. The van der Waals surface area contributed by atoms with Crippen molar-refractivity contribution >= 4 is 40.9 Å². The fraction of sp³-hybridized carbons (Fsp3) is 0.350. The van der Waals surface area contributed by atoms with E-state index >= 15 is 0 Å². The smallest absolute Gasteiger partial charge is 0.339 e. The molecule has 2 aromatic rings. The van der Waals surface area contributed by atoms with E-state index in [4.69, 9.17) is 38.8 Å². The molecule has 0 aliphatic carbocycles. The van der Waals surface area contributed by atoms with E-state index < -0.39 is 41.6 Å². The molecule has 2 heterocycles. The van der Waals surface area contributed by atoms with E-state index in [1.165, 1.54) is 0 Å². The lowest BCUT2D eigenvalue weighted by atomic mass is 10.0. The Hall–Kier alpha value is -2.62. The molecule has 1 fully saturated rings. The van der Waals surface area contributed by atoms with Gasteiger partial charge < -0.3 is 20.9 Å². The number of ether oxygens (including phenoxy) is 1. The number of carboxylic acids is 1. The van der Waals surface area contributed by atoms with E-state index in [0.29, 0.717) is 16.1 Å². The lowest BCUT2D eigenvalue weighted by Gasteiger charge is -2.32. The van der Waals surface area contributed by atoms with Crippen LogP contribution in [0.5, 0.6) is 5.88 Å². The number of rotatable bonds is 7. The normalized spacial score (nSPS) is 14.9. The zero-order valence-corrected chi connectivity index (χ0v) is 17.9.